The minimum absolute atomic E-state index is 0.0968. The molecule has 3 rings (SSSR count). The summed E-state index contributed by atoms with van der Waals surface area (Å²) in [7, 11) is 0. The van der Waals surface area contributed by atoms with E-state index in [-0.39, 0.29) is 5.41 Å². The van der Waals surface area contributed by atoms with Crippen LogP contribution in [0.1, 0.15) is 56.3 Å². The molecule has 0 radical (unpaired) electrons. The largest absolute Gasteiger partial charge is 0.329 e. The molecule has 5 nitrogen and oxygen atoms in total. The number of fused-ring (bicyclic) bond motifs is 1. The molecule has 18 heavy (non-hydrogen) atoms. The Bertz CT molecular complexity index is 550. The molecule has 0 atom stereocenters. The van der Waals surface area contributed by atoms with Crippen molar-refractivity contribution < 1.29 is 0 Å². The Hall–Kier alpha value is -1.01. The summed E-state index contributed by atoms with van der Waals surface area (Å²) in [6.45, 7) is 4.92. The highest BCUT2D eigenvalue weighted by Gasteiger charge is 2.38. The molecule has 2 heterocycles. The van der Waals surface area contributed by atoms with E-state index in [2.05, 4.69) is 24.0 Å². The van der Waals surface area contributed by atoms with Crippen LogP contribution in [0.25, 0.3) is 4.96 Å². The summed E-state index contributed by atoms with van der Waals surface area (Å²) in [5, 5.41) is 14.3. The molecule has 0 saturated heterocycles. The zero-order valence-electron chi connectivity index (χ0n) is 10.9. The highest BCUT2D eigenvalue weighted by Crippen LogP contribution is 2.41. The average molecular weight is 265 g/mol. The third-order valence-corrected chi connectivity index (χ3v) is 5.08. The van der Waals surface area contributed by atoms with Gasteiger partial charge in [-0.2, -0.15) is 9.61 Å². The molecular formula is C12H19N5S. The number of aromatic nitrogens is 4. The van der Waals surface area contributed by atoms with Crippen molar-refractivity contribution >= 4 is 16.3 Å². The summed E-state index contributed by atoms with van der Waals surface area (Å²) in [5.41, 5.74) is 6.11. The molecule has 1 saturated carbocycles. The van der Waals surface area contributed by atoms with Gasteiger partial charge in [-0.3, -0.25) is 0 Å². The normalized spacial score (nSPS) is 19.1. The van der Waals surface area contributed by atoms with Crippen LogP contribution >= 0.6 is 11.3 Å². The van der Waals surface area contributed by atoms with Crippen LogP contribution in [0.3, 0.4) is 0 Å². The minimum atomic E-state index is 0.0968. The van der Waals surface area contributed by atoms with Crippen LogP contribution in [0.5, 0.6) is 0 Å². The van der Waals surface area contributed by atoms with Gasteiger partial charge in [0, 0.05) is 17.9 Å². The van der Waals surface area contributed by atoms with Gasteiger partial charge in [-0.25, -0.2) is 0 Å². The third kappa shape index (κ3) is 1.66. The fraction of sp³-hybridized carbons (Fsp3) is 0.750. The van der Waals surface area contributed by atoms with Gasteiger partial charge < -0.3 is 5.73 Å². The van der Waals surface area contributed by atoms with Crippen LogP contribution in [0.2, 0.25) is 0 Å². The second-order valence-electron chi connectivity index (χ2n) is 5.51. The number of hydrogen-bond acceptors (Lipinski definition) is 5. The van der Waals surface area contributed by atoms with Gasteiger partial charge in [0.05, 0.1) is 0 Å². The van der Waals surface area contributed by atoms with E-state index in [1.54, 1.807) is 11.3 Å². The fourth-order valence-electron chi connectivity index (χ4n) is 2.76. The van der Waals surface area contributed by atoms with Gasteiger partial charge in [0.25, 0.3) is 0 Å². The van der Waals surface area contributed by atoms with Crippen molar-refractivity contribution in [2.24, 2.45) is 5.73 Å². The molecule has 0 unspecified atom stereocenters. The first-order chi connectivity index (χ1) is 8.66. The van der Waals surface area contributed by atoms with Gasteiger partial charge in [0.15, 0.2) is 5.82 Å². The first-order valence-corrected chi connectivity index (χ1v) is 7.41. The summed E-state index contributed by atoms with van der Waals surface area (Å²) in [4.78, 5) is 0.897. The van der Waals surface area contributed by atoms with E-state index in [0.29, 0.717) is 12.5 Å². The maximum absolute atomic E-state index is 6.01. The molecule has 2 aromatic rings. The van der Waals surface area contributed by atoms with Crippen LogP contribution in [0, 0.1) is 0 Å². The van der Waals surface area contributed by atoms with Crippen molar-refractivity contribution in [3.63, 3.8) is 0 Å². The van der Waals surface area contributed by atoms with Crippen molar-refractivity contribution in [3.05, 3.63) is 10.8 Å². The monoisotopic (exact) mass is 265 g/mol. The summed E-state index contributed by atoms with van der Waals surface area (Å²) >= 11 is 1.65. The number of rotatable bonds is 3. The summed E-state index contributed by atoms with van der Waals surface area (Å²) < 4.78 is 1.90. The summed E-state index contributed by atoms with van der Waals surface area (Å²) in [6.07, 6.45) is 4.83. The van der Waals surface area contributed by atoms with Crippen LogP contribution in [0.15, 0.2) is 0 Å². The Morgan fingerprint density at radius 3 is 2.67 bits per heavy atom. The molecular weight excluding hydrogens is 246 g/mol. The standard InChI is InChI=1S/C12H19N5S/c1-8(2)9-14-15-11-17(9)16-10(18-11)12(7-13)5-3-4-6-12/h8H,3-7,13H2,1-2H3. The molecule has 0 aliphatic heterocycles. The van der Waals surface area contributed by atoms with Crippen molar-refractivity contribution in [3.8, 4) is 0 Å². The minimum Gasteiger partial charge on any atom is -0.329 e. The lowest BCUT2D eigenvalue weighted by molar-refractivity contribution is 0.444. The van der Waals surface area contributed by atoms with E-state index < -0.39 is 0 Å². The van der Waals surface area contributed by atoms with Crippen molar-refractivity contribution in [2.75, 3.05) is 6.54 Å². The SMILES string of the molecule is CC(C)c1nnc2sc(C3(CN)CCCC3)nn12. The van der Waals surface area contributed by atoms with Crippen molar-refractivity contribution in [1.82, 2.24) is 19.8 Å². The molecule has 98 valence electrons. The van der Waals surface area contributed by atoms with E-state index in [9.17, 15) is 0 Å². The van der Waals surface area contributed by atoms with Gasteiger partial charge in [-0.1, -0.05) is 38.0 Å². The Morgan fingerprint density at radius 2 is 2.06 bits per heavy atom. The average Bonchev–Trinajstić information content (AvgIpc) is 3.03. The lowest BCUT2D eigenvalue weighted by Gasteiger charge is -2.23. The van der Waals surface area contributed by atoms with Gasteiger partial charge in [0.1, 0.15) is 5.01 Å². The van der Waals surface area contributed by atoms with Crippen LogP contribution in [-0.4, -0.2) is 26.4 Å². The summed E-state index contributed by atoms with van der Waals surface area (Å²) in [5.74, 6) is 1.28. The van der Waals surface area contributed by atoms with Gasteiger partial charge >= 0.3 is 0 Å². The van der Waals surface area contributed by atoms with E-state index >= 15 is 0 Å². The third-order valence-electron chi connectivity index (χ3n) is 3.94. The van der Waals surface area contributed by atoms with E-state index in [1.165, 1.54) is 12.8 Å². The van der Waals surface area contributed by atoms with Gasteiger partial charge in [-0.15, -0.1) is 10.2 Å². The van der Waals surface area contributed by atoms with Crippen LogP contribution in [-0.2, 0) is 5.41 Å². The first kappa shape index (κ1) is 12.0. The van der Waals surface area contributed by atoms with Gasteiger partial charge in [-0.05, 0) is 12.8 Å². The Morgan fingerprint density at radius 1 is 1.33 bits per heavy atom. The van der Waals surface area contributed by atoms with E-state index in [0.717, 1.165) is 28.6 Å². The van der Waals surface area contributed by atoms with Crippen molar-refractivity contribution in [1.29, 1.82) is 0 Å². The zero-order valence-corrected chi connectivity index (χ0v) is 11.7. The second-order valence-corrected chi connectivity index (χ2v) is 6.46. The van der Waals surface area contributed by atoms with Crippen LogP contribution in [0.4, 0.5) is 0 Å². The quantitative estimate of drug-likeness (QED) is 0.922. The second kappa shape index (κ2) is 4.28. The molecule has 6 heteroatoms. The molecule has 2 aromatic heterocycles. The smallest absolute Gasteiger partial charge is 0.234 e. The Labute approximate surface area is 110 Å². The maximum Gasteiger partial charge on any atom is 0.234 e. The highest BCUT2D eigenvalue weighted by atomic mass is 32.1. The summed E-state index contributed by atoms with van der Waals surface area (Å²) in [6, 6.07) is 0. The highest BCUT2D eigenvalue weighted by molar-refractivity contribution is 7.16. The van der Waals surface area contributed by atoms with Gasteiger partial charge in [0.2, 0.25) is 4.96 Å². The molecule has 0 bridgehead atoms. The molecule has 0 aromatic carbocycles. The molecule has 0 spiro atoms. The fourth-order valence-corrected chi connectivity index (χ4v) is 3.87. The van der Waals surface area contributed by atoms with E-state index in [1.807, 2.05) is 4.52 Å². The Kier molecular flexibility index (Phi) is 2.86. The number of hydrogen-bond donors (Lipinski definition) is 1. The zero-order chi connectivity index (χ0) is 12.8. The van der Waals surface area contributed by atoms with E-state index in [4.69, 9.17) is 10.8 Å². The molecule has 1 fully saturated rings. The predicted molar refractivity (Wildman–Crippen MR) is 71.9 cm³/mol. The Balaban J connectivity index is 2.08. The molecule has 1 aliphatic rings. The lowest BCUT2D eigenvalue weighted by atomic mass is 9.87. The number of nitrogens with zero attached hydrogens (tertiary/aromatic N) is 4. The lowest BCUT2D eigenvalue weighted by Crippen LogP contribution is -2.32. The predicted octanol–water partition coefficient (Wildman–Crippen LogP) is 2.08. The number of nitrogens with two attached hydrogens (primary N) is 1. The topological polar surface area (TPSA) is 69.1 Å². The maximum atomic E-state index is 6.01. The van der Waals surface area contributed by atoms with Crippen LogP contribution < -0.4 is 5.73 Å². The molecule has 0 amide bonds. The first-order valence-electron chi connectivity index (χ1n) is 6.59. The molecule has 1 aliphatic carbocycles. The van der Waals surface area contributed by atoms with Crippen molar-refractivity contribution in [2.45, 2.75) is 50.9 Å². The molecule has 2 N–H and O–H groups in total.